The topological polar surface area (TPSA) is 9.23 Å². The third-order valence-electron chi connectivity index (χ3n) is 2.74. The summed E-state index contributed by atoms with van der Waals surface area (Å²) < 4.78 is 5.56. The van der Waals surface area contributed by atoms with Crippen LogP contribution in [0.5, 0.6) is 0 Å². The molecule has 1 saturated heterocycles. The third kappa shape index (κ3) is 1.92. The molecule has 1 heterocycles. The quantitative estimate of drug-likeness (QED) is 0.673. The summed E-state index contributed by atoms with van der Waals surface area (Å²) in [5.41, 5.74) is 2.84. The summed E-state index contributed by atoms with van der Waals surface area (Å²) in [7, 11) is 0. The van der Waals surface area contributed by atoms with Crippen LogP contribution in [0.25, 0.3) is 0 Å². The number of aryl methyl sites for hydroxylation is 1. The molecule has 1 unspecified atom stereocenters. The van der Waals surface area contributed by atoms with Gasteiger partial charge in [-0.15, -0.1) is 0 Å². The van der Waals surface area contributed by atoms with Gasteiger partial charge in [0.1, 0.15) is 0 Å². The lowest BCUT2D eigenvalue weighted by atomic mass is 9.89. The van der Waals surface area contributed by atoms with E-state index in [1.54, 1.807) is 0 Å². The van der Waals surface area contributed by atoms with Gasteiger partial charge in [-0.3, -0.25) is 0 Å². The van der Waals surface area contributed by atoms with E-state index < -0.39 is 0 Å². The van der Waals surface area contributed by atoms with Crippen molar-refractivity contribution < 1.29 is 4.74 Å². The molecule has 1 heteroatoms. The molecule has 1 aromatic rings. The van der Waals surface area contributed by atoms with Crippen molar-refractivity contribution in [2.45, 2.75) is 32.3 Å². The van der Waals surface area contributed by atoms with E-state index in [0.717, 1.165) is 13.0 Å². The first-order valence-corrected chi connectivity index (χ1v) is 4.87. The Hall–Kier alpha value is -0.820. The van der Waals surface area contributed by atoms with Gasteiger partial charge in [-0.05, 0) is 25.8 Å². The lowest BCUT2D eigenvalue weighted by Gasteiger charge is -2.38. The Morgan fingerprint density at radius 3 is 2.77 bits per heavy atom. The molecule has 0 aliphatic carbocycles. The van der Waals surface area contributed by atoms with Gasteiger partial charge in [0.25, 0.3) is 0 Å². The molecule has 1 aromatic carbocycles. The second-order valence-corrected chi connectivity index (χ2v) is 4.21. The molecule has 1 aliphatic heterocycles. The second kappa shape index (κ2) is 3.15. The Bertz CT molecular complexity index is 300. The van der Waals surface area contributed by atoms with Crippen LogP contribution in [-0.4, -0.2) is 12.2 Å². The second-order valence-electron chi connectivity index (χ2n) is 4.21. The normalized spacial score (nSPS) is 26.9. The summed E-state index contributed by atoms with van der Waals surface area (Å²) in [5.74, 6) is 0. The highest BCUT2D eigenvalue weighted by Crippen LogP contribution is 2.29. The molecule has 0 N–H and O–H groups in total. The van der Waals surface area contributed by atoms with E-state index in [9.17, 15) is 0 Å². The molecule has 0 amide bonds. The minimum absolute atomic E-state index is 0.119. The van der Waals surface area contributed by atoms with Crippen molar-refractivity contribution >= 4 is 0 Å². The first-order chi connectivity index (χ1) is 6.18. The van der Waals surface area contributed by atoms with Crippen molar-refractivity contribution in [3.63, 3.8) is 0 Å². The van der Waals surface area contributed by atoms with Gasteiger partial charge in [-0.1, -0.05) is 29.8 Å². The summed E-state index contributed by atoms with van der Waals surface area (Å²) >= 11 is 0. The van der Waals surface area contributed by atoms with Gasteiger partial charge in [0.15, 0.2) is 0 Å². The highest BCUT2D eigenvalue weighted by Gasteiger charge is 2.32. The molecule has 2 rings (SSSR count). The van der Waals surface area contributed by atoms with Gasteiger partial charge in [0, 0.05) is 6.42 Å². The van der Waals surface area contributed by atoms with Crippen LogP contribution in [0, 0.1) is 6.92 Å². The first kappa shape index (κ1) is 8.76. The van der Waals surface area contributed by atoms with Crippen LogP contribution in [-0.2, 0) is 11.2 Å². The number of ether oxygens (including phenoxy) is 1. The zero-order valence-electron chi connectivity index (χ0n) is 8.34. The molecular weight excluding hydrogens is 160 g/mol. The smallest absolute Gasteiger partial charge is 0.0716 e. The SMILES string of the molecule is Cc1cccc(CC2(C)CCO2)c1. The Kier molecular flexibility index (Phi) is 2.12. The van der Waals surface area contributed by atoms with Gasteiger partial charge < -0.3 is 4.74 Å². The highest BCUT2D eigenvalue weighted by molar-refractivity contribution is 5.23. The lowest BCUT2D eigenvalue weighted by molar-refractivity contribution is -0.132. The molecule has 0 spiro atoms. The molecule has 0 radical (unpaired) electrons. The zero-order chi connectivity index (χ0) is 9.31. The van der Waals surface area contributed by atoms with E-state index in [2.05, 4.69) is 38.1 Å². The standard InChI is InChI=1S/C12H16O/c1-10-4-3-5-11(8-10)9-12(2)6-7-13-12/h3-5,8H,6-7,9H2,1-2H3. The maximum atomic E-state index is 5.56. The molecule has 13 heavy (non-hydrogen) atoms. The fraction of sp³-hybridized carbons (Fsp3) is 0.500. The van der Waals surface area contributed by atoms with Crippen LogP contribution in [0.15, 0.2) is 24.3 Å². The molecule has 1 aliphatic rings. The van der Waals surface area contributed by atoms with Crippen molar-refractivity contribution in [1.29, 1.82) is 0 Å². The van der Waals surface area contributed by atoms with Crippen molar-refractivity contribution in [2.24, 2.45) is 0 Å². The fourth-order valence-corrected chi connectivity index (χ4v) is 1.84. The van der Waals surface area contributed by atoms with E-state index >= 15 is 0 Å². The lowest BCUT2D eigenvalue weighted by Crippen LogP contribution is -2.42. The van der Waals surface area contributed by atoms with Gasteiger partial charge in [0.2, 0.25) is 0 Å². The number of rotatable bonds is 2. The summed E-state index contributed by atoms with van der Waals surface area (Å²) in [5, 5.41) is 0. The molecule has 1 atom stereocenters. The summed E-state index contributed by atoms with van der Waals surface area (Å²) in [4.78, 5) is 0. The summed E-state index contributed by atoms with van der Waals surface area (Å²) in [6, 6.07) is 8.67. The van der Waals surface area contributed by atoms with Crippen LogP contribution in [0.1, 0.15) is 24.5 Å². The Labute approximate surface area is 79.7 Å². The Balaban J connectivity index is 2.09. The molecule has 1 fully saturated rings. The molecule has 0 aromatic heterocycles. The van der Waals surface area contributed by atoms with Crippen molar-refractivity contribution in [3.05, 3.63) is 35.4 Å². The van der Waals surface area contributed by atoms with Crippen LogP contribution in [0.2, 0.25) is 0 Å². The van der Waals surface area contributed by atoms with Gasteiger partial charge in [0.05, 0.1) is 12.2 Å². The predicted octanol–water partition coefficient (Wildman–Crippen LogP) is 2.72. The van der Waals surface area contributed by atoms with E-state index in [0.29, 0.717) is 0 Å². The highest BCUT2D eigenvalue weighted by atomic mass is 16.5. The predicted molar refractivity (Wildman–Crippen MR) is 53.9 cm³/mol. The van der Waals surface area contributed by atoms with Crippen molar-refractivity contribution in [2.75, 3.05) is 6.61 Å². The van der Waals surface area contributed by atoms with Crippen molar-refractivity contribution in [1.82, 2.24) is 0 Å². The van der Waals surface area contributed by atoms with Gasteiger partial charge in [-0.2, -0.15) is 0 Å². The molecule has 70 valence electrons. The largest absolute Gasteiger partial charge is 0.375 e. The van der Waals surface area contributed by atoms with Crippen LogP contribution in [0.3, 0.4) is 0 Å². The van der Waals surface area contributed by atoms with Crippen LogP contribution < -0.4 is 0 Å². The molecule has 0 saturated carbocycles. The number of benzene rings is 1. The van der Waals surface area contributed by atoms with E-state index in [-0.39, 0.29) is 5.60 Å². The molecule has 1 nitrogen and oxygen atoms in total. The average Bonchev–Trinajstić information content (AvgIpc) is 2.01. The van der Waals surface area contributed by atoms with Gasteiger partial charge in [-0.25, -0.2) is 0 Å². The molecular formula is C12H16O. The minimum atomic E-state index is 0.119. The average molecular weight is 176 g/mol. The van der Waals surface area contributed by atoms with Crippen molar-refractivity contribution in [3.8, 4) is 0 Å². The fourth-order valence-electron chi connectivity index (χ4n) is 1.84. The summed E-state index contributed by atoms with van der Waals surface area (Å²) in [6.07, 6.45) is 2.25. The first-order valence-electron chi connectivity index (χ1n) is 4.87. The Morgan fingerprint density at radius 1 is 1.46 bits per heavy atom. The minimum Gasteiger partial charge on any atom is -0.375 e. The van der Waals surface area contributed by atoms with E-state index in [4.69, 9.17) is 4.74 Å². The third-order valence-corrected chi connectivity index (χ3v) is 2.74. The van der Waals surface area contributed by atoms with E-state index in [1.165, 1.54) is 17.5 Å². The monoisotopic (exact) mass is 176 g/mol. The van der Waals surface area contributed by atoms with Crippen LogP contribution >= 0.6 is 0 Å². The maximum Gasteiger partial charge on any atom is 0.0716 e. The summed E-state index contributed by atoms with van der Waals surface area (Å²) in [6.45, 7) is 5.26. The number of hydrogen-bond donors (Lipinski definition) is 0. The molecule has 0 bridgehead atoms. The van der Waals surface area contributed by atoms with Gasteiger partial charge >= 0.3 is 0 Å². The van der Waals surface area contributed by atoms with E-state index in [1.807, 2.05) is 0 Å². The zero-order valence-corrected chi connectivity index (χ0v) is 8.34. The number of hydrogen-bond acceptors (Lipinski definition) is 1. The maximum absolute atomic E-state index is 5.56. The van der Waals surface area contributed by atoms with Crippen LogP contribution in [0.4, 0.5) is 0 Å². The Morgan fingerprint density at radius 2 is 2.23 bits per heavy atom.